The molecule has 0 bridgehead atoms. The number of anilines is 1. The van der Waals surface area contributed by atoms with E-state index in [-0.39, 0.29) is 17.9 Å². The quantitative estimate of drug-likeness (QED) is 0.240. The molecular weight excluding hydrogens is 494 g/mol. The van der Waals surface area contributed by atoms with Crippen molar-refractivity contribution in [2.75, 3.05) is 12.3 Å². The maximum Gasteiger partial charge on any atom is 0.246 e. The van der Waals surface area contributed by atoms with Crippen LogP contribution < -0.4 is 26.3 Å². The second-order valence-electron chi connectivity index (χ2n) is 11.1. The maximum atomic E-state index is 13.5. The largest absolute Gasteiger partial charge is 0.449 e. The molecule has 0 spiro atoms. The molecule has 7 N–H and O–H groups in total. The number of carbonyl (C=O) groups is 1. The summed E-state index contributed by atoms with van der Waals surface area (Å²) >= 11 is 0. The normalized spacial score (nSPS) is 20.7. The van der Waals surface area contributed by atoms with Crippen LogP contribution in [0.15, 0.2) is 42.6 Å². The Morgan fingerprint density at radius 1 is 1.18 bits per heavy atom. The summed E-state index contributed by atoms with van der Waals surface area (Å²) in [6.07, 6.45) is 5.95. The standard InChI is InChI=1S/C29H35N7O3/c1-29(2)38-24-5-3-4-19(25(24)39-29)13-22(34-28(37)17-8-6-16(14-30)7-9-17)27-32-15-23(33-27)18-10-11-20-21(12-18)35-36-26(20)31/h3-5,10-12,15-17,22H,6-9,13-14,30H2,1-2H3,(H,32,33)(H,34,37)(H3,31,35,36)/t16?,17?,22-/m0/s1. The summed E-state index contributed by atoms with van der Waals surface area (Å²) < 4.78 is 12.1. The van der Waals surface area contributed by atoms with E-state index in [1.165, 1.54) is 0 Å². The zero-order valence-corrected chi connectivity index (χ0v) is 22.3. The average molecular weight is 530 g/mol. The highest BCUT2D eigenvalue weighted by Gasteiger charge is 2.35. The number of nitrogen functional groups attached to an aromatic ring is 1. The van der Waals surface area contributed by atoms with Crippen LogP contribution in [-0.4, -0.2) is 38.4 Å². The fourth-order valence-electron chi connectivity index (χ4n) is 5.70. The van der Waals surface area contributed by atoms with Gasteiger partial charge in [0.05, 0.1) is 23.4 Å². The number of ether oxygens (including phenoxy) is 2. The predicted octanol–water partition coefficient (Wildman–Crippen LogP) is 4.21. The summed E-state index contributed by atoms with van der Waals surface area (Å²) in [5.41, 5.74) is 15.4. The van der Waals surface area contributed by atoms with Crippen LogP contribution in [0, 0.1) is 11.8 Å². The van der Waals surface area contributed by atoms with Gasteiger partial charge in [0.15, 0.2) is 17.3 Å². The third-order valence-electron chi connectivity index (χ3n) is 7.88. The third kappa shape index (κ3) is 5.04. The molecule has 4 aromatic rings. The number of benzene rings is 2. The number of aromatic amines is 2. The fraction of sp³-hybridized carbons (Fsp3) is 0.414. The first-order chi connectivity index (χ1) is 18.8. The van der Waals surface area contributed by atoms with E-state index in [4.69, 9.17) is 25.9 Å². The van der Waals surface area contributed by atoms with Crippen molar-refractivity contribution in [1.29, 1.82) is 0 Å². The van der Waals surface area contributed by atoms with Crippen LogP contribution in [0.25, 0.3) is 22.2 Å². The van der Waals surface area contributed by atoms with Crippen LogP contribution >= 0.6 is 0 Å². The van der Waals surface area contributed by atoms with Gasteiger partial charge in [-0.15, -0.1) is 0 Å². The second kappa shape index (κ2) is 9.92. The number of hydrogen-bond acceptors (Lipinski definition) is 7. The maximum absolute atomic E-state index is 13.5. The SMILES string of the molecule is CC1(C)Oc2cccc(C[C@H](NC(=O)C3CCC(CN)CC3)c3ncc(-c4ccc5c(N)n[nH]c5c4)[nH]3)c2O1. The van der Waals surface area contributed by atoms with Gasteiger partial charge in [-0.3, -0.25) is 9.89 Å². The first kappa shape index (κ1) is 25.2. The fourth-order valence-corrected chi connectivity index (χ4v) is 5.70. The van der Waals surface area contributed by atoms with E-state index in [1.807, 2.05) is 50.2 Å². The van der Waals surface area contributed by atoms with Crippen molar-refractivity contribution in [3.8, 4) is 22.8 Å². The van der Waals surface area contributed by atoms with Gasteiger partial charge in [-0.25, -0.2) is 4.98 Å². The number of hydrogen-bond donors (Lipinski definition) is 5. The van der Waals surface area contributed by atoms with Crippen molar-refractivity contribution in [2.45, 2.75) is 57.8 Å². The summed E-state index contributed by atoms with van der Waals surface area (Å²) in [6.45, 7) is 4.45. The number of amides is 1. The number of H-pyrrole nitrogens is 2. The lowest BCUT2D eigenvalue weighted by Crippen LogP contribution is -2.37. The lowest BCUT2D eigenvalue weighted by atomic mass is 9.81. The molecular formula is C29H35N7O3. The highest BCUT2D eigenvalue weighted by molar-refractivity contribution is 5.91. The van der Waals surface area contributed by atoms with Crippen LogP contribution in [0.2, 0.25) is 0 Å². The van der Waals surface area contributed by atoms with Crippen molar-refractivity contribution >= 4 is 22.6 Å². The number of nitrogens with one attached hydrogen (secondary N) is 3. The molecule has 0 unspecified atom stereocenters. The van der Waals surface area contributed by atoms with Gasteiger partial charge < -0.3 is 31.2 Å². The Balaban J connectivity index is 1.29. The Morgan fingerprint density at radius 3 is 2.79 bits per heavy atom. The molecule has 0 radical (unpaired) electrons. The van der Waals surface area contributed by atoms with Crippen molar-refractivity contribution in [3.63, 3.8) is 0 Å². The van der Waals surface area contributed by atoms with E-state index in [0.29, 0.717) is 42.0 Å². The molecule has 204 valence electrons. The van der Waals surface area contributed by atoms with E-state index >= 15 is 0 Å². The van der Waals surface area contributed by atoms with E-state index in [2.05, 4.69) is 20.5 Å². The number of nitrogens with zero attached hydrogens (tertiary/aromatic N) is 2. The molecule has 0 saturated heterocycles. The zero-order valence-electron chi connectivity index (χ0n) is 22.3. The summed E-state index contributed by atoms with van der Waals surface area (Å²) in [4.78, 5) is 21.6. The molecule has 1 atom stereocenters. The molecule has 1 saturated carbocycles. The number of imidazole rings is 1. The number of aromatic nitrogens is 4. The van der Waals surface area contributed by atoms with Crippen molar-refractivity contribution in [3.05, 3.63) is 54.0 Å². The molecule has 1 aliphatic carbocycles. The van der Waals surface area contributed by atoms with E-state index in [9.17, 15) is 4.79 Å². The topological polar surface area (TPSA) is 157 Å². The highest BCUT2D eigenvalue weighted by atomic mass is 16.7. The summed E-state index contributed by atoms with van der Waals surface area (Å²) in [5, 5.41) is 11.2. The van der Waals surface area contributed by atoms with Crippen LogP contribution in [0.4, 0.5) is 5.82 Å². The minimum absolute atomic E-state index is 0.0296. The lowest BCUT2D eigenvalue weighted by Gasteiger charge is -2.28. The molecule has 2 aromatic heterocycles. The summed E-state index contributed by atoms with van der Waals surface area (Å²) in [6, 6.07) is 11.4. The molecule has 1 fully saturated rings. The second-order valence-corrected chi connectivity index (χ2v) is 11.1. The van der Waals surface area contributed by atoms with Crippen LogP contribution in [0.5, 0.6) is 11.5 Å². The van der Waals surface area contributed by atoms with E-state index < -0.39 is 5.79 Å². The Morgan fingerprint density at radius 2 is 2.00 bits per heavy atom. The molecule has 1 amide bonds. The van der Waals surface area contributed by atoms with Gasteiger partial charge in [0.2, 0.25) is 11.7 Å². The van der Waals surface area contributed by atoms with Crippen LogP contribution in [0.3, 0.4) is 0 Å². The van der Waals surface area contributed by atoms with Crippen molar-refractivity contribution in [2.24, 2.45) is 17.6 Å². The molecule has 2 aliphatic rings. The smallest absolute Gasteiger partial charge is 0.246 e. The summed E-state index contributed by atoms with van der Waals surface area (Å²) in [5.74, 6) is 2.34. The number of rotatable bonds is 7. The lowest BCUT2D eigenvalue weighted by molar-refractivity contribution is -0.127. The minimum Gasteiger partial charge on any atom is -0.449 e. The summed E-state index contributed by atoms with van der Waals surface area (Å²) in [7, 11) is 0. The number of fused-ring (bicyclic) bond motifs is 2. The van der Waals surface area contributed by atoms with Crippen molar-refractivity contribution < 1.29 is 14.3 Å². The number of nitrogens with two attached hydrogens (primary N) is 2. The van der Waals surface area contributed by atoms with Gasteiger partial charge in [0.25, 0.3) is 0 Å². The first-order valence-electron chi connectivity index (χ1n) is 13.6. The van der Waals surface area contributed by atoms with E-state index in [1.54, 1.807) is 6.20 Å². The van der Waals surface area contributed by atoms with Gasteiger partial charge in [0, 0.05) is 42.7 Å². The Hall–Kier alpha value is -4.05. The average Bonchev–Trinajstić information content (AvgIpc) is 3.65. The van der Waals surface area contributed by atoms with Gasteiger partial charge >= 0.3 is 0 Å². The number of para-hydroxylation sites is 1. The predicted molar refractivity (Wildman–Crippen MR) is 149 cm³/mol. The van der Waals surface area contributed by atoms with Crippen LogP contribution in [-0.2, 0) is 11.2 Å². The molecule has 10 heteroatoms. The monoisotopic (exact) mass is 529 g/mol. The van der Waals surface area contributed by atoms with Crippen molar-refractivity contribution in [1.82, 2.24) is 25.5 Å². The molecule has 39 heavy (non-hydrogen) atoms. The van der Waals surface area contributed by atoms with Gasteiger partial charge in [-0.2, -0.15) is 5.10 Å². The van der Waals surface area contributed by atoms with E-state index in [0.717, 1.165) is 53.4 Å². The molecule has 10 nitrogen and oxygen atoms in total. The molecule has 6 rings (SSSR count). The Labute approximate surface area is 226 Å². The van der Waals surface area contributed by atoms with Gasteiger partial charge in [-0.05, 0) is 56.3 Å². The molecule has 3 heterocycles. The Bertz CT molecular complexity index is 1500. The highest BCUT2D eigenvalue weighted by Crippen LogP contribution is 2.43. The third-order valence-corrected chi connectivity index (χ3v) is 7.88. The molecule has 2 aromatic carbocycles. The Kier molecular flexibility index (Phi) is 6.42. The molecule has 1 aliphatic heterocycles. The number of carbonyl (C=O) groups excluding carboxylic acids is 1. The minimum atomic E-state index is -0.745. The first-order valence-corrected chi connectivity index (χ1v) is 13.6. The van der Waals surface area contributed by atoms with Gasteiger partial charge in [-0.1, -0.05) is 18.2 Å². The van der Waals surface area contributed by atoms with Crippen LogP contribution in [0.1, 0.15) is 57.0 Å². The zero-order chi connectivity index (χ0) is 27.1. The van der Waals surface area contributed by atoms with Gasteiger partial charge in [0.1, 0.15) is 5.82 Å².